The molecule has 1 aromatic heterocycles. The molecule has 4 aromatic rings. The summed E-state index contributed by atoms with van der Waals surface area (Å²) in [5, 5.41) is 0. The van der Waals surface area contributed by atoms with Crippen molar-refractivity contribution in [2.75, 3.05) is 12.5 Å². The zero-order chi connectivity index (χ0) is 20.8. The van der Waals surface area contributed by atoms with E-state index in [9.17, 15) is 4.79 Å². The van der Waals surface area contributed by atoms with E-state index in [0.717, 1.165) is 11.1 Å². The second kappa shape index (κ2) is 8.87. The summed E-state index contributed by atoms with van der Waals surface area (Å²) < 4.78 is 5.29. The number of carbonyl (C=O) groups is 1. The SMILES string of the molecule is COc1ccccc1NNC(=O)c1nc(-c2ccccc2)cc(-c2ccccc2)n1. The Morgan fingerprint density at radius 1 is 0.767 bits per heavy atom. The van der Waals surface area contributed by atoms with Gasteiger partial charge in [0.25, 0.3) is 0 Å². The number of ether oxygens (including phenoxy) is 1. The van der Waals surface area contributed by atoms with Crippen molar-refractivity contribution in [1.82, 2.24) is 15.4 Å². The average Bonchev–Trinajstić information content (AvgIpc) is 2.83. The molecule has 2 N–H and O–H groups in total. The Labute approximate surface area is 174 Å². The van der Waals surface area contributed by atoms with Crippen LogP contribution in [-0.4, -0.2) is 23.0 Å². The van der Waals surface area contributed by atoms with Crippen molar-refractivity contribution in [3.63, 3.8) is 0 Å². The Bertz CT molecular complexity index is 1090. The molecule has 0 saturated heterocycles. The smallest absolute Gasteiger partial charge is 0.307 e. The number of benzene rings is 3. The molecule has 0 unspecified atom stereocenters. The van der Waals surface area contributed by atoms with Gasteiger partial charge in [-0.3, -0.25) is 15.6 Å². The fourth-order valence-corrected chi connectivity index (χ4v) is 2.99. The molecule has 0 bridgehead atoms. The van der Waals surface area contributed by atoms with Crippen molar-refractivity contribution < 1.29 is 9.53 Å². The van der Waals surface area contributed by atoms with Gasteiger partial charge in [0.15, 0.2) is 0 Å². The quantitative estimate of drug-likeness (QED) is 0.467. The van der Waals surface area contributed by atoms with E-state index >= 15 is 0 Å². The number of aromatic nitrogens is 2. The molecule has 0 aliphatic carbocycles. The largest absolute Gasteiger partial charge is 0.495 e. The molecule has 148 valence electrons. The predicted octanol–water partition coefficient (Wildman–Crippen LogP) is 4.58. The van der Waals surface area contributed by atoms with Crippen molar-refractivity contribution in [3.05, 3.63) is 96.8 Å². The third-order valence-electron chi connectivity index (χ3n) is 4.49. The first-order valence-corrected chi connectivity index (χ1v) is 9.44. The summed E-state index contributed by atoms with van der Waals surface area (Å²) in [5.41, 5.74) is 9.32. The Morgan fingerprint density at radius 3 is 1.87 bits per heavy atom. The lowest BCUT2D eigenvalue weighted by Crippen LogP contribution is -2.31. The molecule has 0 saturated carbocycles. The monoisotopic (exact) mass is 396 g/mol. The van der Waals surface area contributed by atoms with Gasteiger partial charge in [-0.1, -0.05) is 72.8 Å². The minimum absolute atomic E-state index is 0.0672. The highest BCUT2D eigenvalue weighted by atomic mass is 16.5. The van der Waals surface area contributed by atoms with E-state index in [0.29, 0.717) is 22.8 Å². The van der Waals surface area contributed by atoms with Crippen LogP contribution in [0, 0.1) is 0 Å². The lowest BCUT2D eigenvalue weighted by molar-refractivity contribution is 0.0952. The Balaban J connectivity index is 1.67. The first-order chi connectivity index (χ1) is 14.7. The van der Waals surface area contributed by atoms with E-state index in [1.165, 1.54) is 0 Å². The predicted molar refractivity (Wildman–Crippen MR) is 117 cm³/mol. The average molecular weight is 396 g/mol. The van der Waals surface area contributed by atoms with Gasteiger partial charge in [-0.2, -0.15) is 0 Å². The highest BCUT2D eigenvalue weighted by Gasteiger charge is 2.15. The van der Waals surface area contributed by atoms with Gasteiger partial charge in [0.05, 0.1) is 24.2 Å². The van der Waals surface area contributed by atoms with Gasteiger partial charge >= 0.3 is 5.91 Å². The minimum Gasteiger partial charge on any atom is -0.495 e. The van der Waals surface area contributed by atoms with Crippen LogP contribution in [0.4, 0.5) is 5.69 Å². The highest BCUT2D eigenvalue weighted by Crippen LogP contribution is 2.24. The van der Waals surface area contributed by atoms with Crippen molar-refractivity contribution in [1.29, 1.82) is 0 Å². The molecule has 6 heteroatoms. The number of rotatable bonds is 6. The second-order valence-corrected chi connectivity index (χ2v) is 6.47. The lowest BCUT2D eigenvalue weighted by atomic mass is 10.1. The first-order valence-electron chi connectivity index (χ1n) is 9.44. The summed E-state index contributed by atoms with van der Waals surface area (Å²) in [6, 6.07) is 28.6. The zero-order valence-corrected chi connectivity index (χ0v) is 16.4. The van der Waals surface area contributed by atoms with Crippen LogP contribution in [-0.2, 0) is 0 Å². The van der Waals surface area contributed by atoms with Crippen LogP contribution < -0.4 is 15.6 Å². The van der Waals surface area contributed by atoms with Gasteiger partial charge in [0.1, 0.15) is 5.75 Å². The molecule has 0 spiro atoms. The van der Waals surface area contributed by atoms with Crippen LogP contribution >= 0.6 is 0 Å². The van der Waals surface area contributed by atoms with Crippen LogP contribution in [0.15, 0.2) is 91.0 Å². The molecule has 30 heavy (non-hydrogen) atoms. The lowest BCUT2D eigenvalue weighted by Gasteiger charge is -2.12. The normalized spacial score (nSPS) is 10.3. The van der Waals surface area contributed by atoms with E-state index < -0.39 is 5.91 Å². The van der Waals surface area contributed by atoms with Crippen LogP contribution in [0.2, 0.25) is 0 Å². The van der Waals surface area contributed by atoms with E-state index in [2.05, 4.69) is 20.8 Å². The fourth-order valence-electron chi connectivity index (χ4n) is 2.99. The maximum Gasteiger partial charge on any atom is 0.307 e. The Hall–Kier alpha value is -4.19. The van der Waals surface area contributed by atoms with Crippen LogP contribution in [0.1, 0.15) is 10.6 Å². The molecule has 0 aliphatic rings. The highest BCUT2D eigenvalue weighted by molar-refractivity contribution is 5.92. The van der Waals surface area contributed by atoms with E-state index in [4.69, 9.17) is 4.74 Å². The maximum atomic E-state index is 12.8. The number of carbonyl (C=O) groups excluding carboxylic acids is 1. The number of nitrogens with zero attached hydrogens (tertiary/aromatic N) is 2. The van der Waals surface area contributed by atoms with Gasteiger partial charge in [0.2, 0.25) is 5.82 Å². The summed E-state index contributed by atoms with van der Waals surface area (Å²) in [5.74, 6) is 0.232. The van der Waals surface area contributed by atoms with E-state index in [1.807, 2.05) is 78.9 Å². The van der Waals surface area contributed by atoms with E-state index in [1.54, 1.807) is 19.2 Å². The van der Waals surface area contributed by atoms with Gasteiger partial charge in [-0.05, 0) is 18.2 Å². The topological polar surface area (TPSA) is 76.1 Å². The molecule has 0 fully saturated rings. The number of methoxy groups -OCH3 is 1. The molecule has 4 rings (SSSR count). The van der Waals surface area contributed by atoms with Crippen LogP contribution in [0.25, 0.3) is 22.5 Å². The molecule has 0 atom stereocenters. The fraction of sp³-hybridized carbons (Fsp3) is 0.0417. The standard InChI is InChI=1S/C24H20N4O2/c1-30-22-15-9-8-14-19(22)27-28-24(29)23-25-20(17-10-4-2-5-11-17)16-21(26-23)18-12-6-3-7-13-18/h2-16,27H,1H3,(H,28,29). The third-order valence-corrected chi connectivity index (χ3v) is 4.49. The second-order valence-electron chi connectivity index (χ2n) is 6.47. The van der Waals surface area contributed by atoms with Crippen LogP contribution in [0.5, 0.6) is 5.75 Å². The molecular formula is C24H20N4O2. The zero-order valence-electron chi connectivity index (χ0n) is 16.4. The molecule has 0 aliphatic heterocycles. The Morgan fingerprint density at radius 2 is 1.30 bits per heavy atom. The van der Waals surface area contributed by atoms with Crippen molar-refractivity contribution >= 4 is 11.6 Å². The maximum absolute atomic E-state index is 12.8. The summed E-state index contributed by atoms with van der Waals surface area (Å²) in [7, 11) is 1.57. The number of hydrogen-bond donors (Lipinski definition) is 2. The van der Waals surface area contributed by atoms with Gasteiger partial charge in [-0.25, -0.2) is 9.97 Å². The van der Waals surface area contributed by atoms with Crippen LogP contribution in [0.3, 0.4) is 0 Å². The molecule has 0 radical (unpaired) electrons. The number of hydrazine groups is 1. The number of hydrogen-bond acceptors (Lipinski definition) is 5. The molecule has 1 amide bonds. The van der Waals surface area contributed by atoms with E-state index in [-0.39, 0.29) is 5.82 Å². The number of nitrogens with one attached hydrogen (secondary N) is 2. The van der Waals surface area contributed by atoms with Gasteiger partial charge in [0, 0.05) is 11.1 Å². The first kappa shape index (κ1) is 19.1. The minimum atomic E-state index is -0.448. The molecule has 6 nitrogen and oxygen atoms in total. The third kappa shape index (κ3) is 4.28. The number of amides is 1. The summed E-state index contributed by atoms with van der Waals surface area (Å²) >= 11 is 0. The summed E-state index contributed by atoms with van der Waals surface area (Å²) in [6.45, 7) is 0. The molecular weight excluding hydrogens is 376 g/mol. The van der Waals surface area contributed by atoms with Gasteiger partial charge in [-0.15, -0.1) is 0 Å². The summed E-state index contributed by atoms with van der Waals surface area (Å²) in [4.78, 5) is 21.8. The number of para-hydroxylation sites is 2. The number of anilines is 1. The molecule has 1 heterocycles. The molecule has 3 aromatic carbocycles. The Kier molecular flexibility index (Phi) is 5.66. The van der Waals surface area contributed by atoms with Crippen molar-refractivity contribution in [3.8, 4) is 28.3 Å². The van der Waals surface area contributed by atoms with Gasteiger partial charge < -0.3 is 4.74 Å². The van der Waals surface area contributed by atoms with Crippen molar-refractivity contribution in [2.24, 2.45) is 0 Å². The summed E-state index contributed by atoms with van der Waals surface area (Å²) in [6.07, 6.45) is 0. The van der Waals surface area contributed by atoms with Crippen molar-refractivity contribution in [2.45, 2.75) is 0 Å².